The number of amides is 1. The minimum absolute atomic E-state index is 0.0885. The molecule has 1 N–H and O–H groups in total. The highest BCUT2D eigenvalue weighted by Crippen LogP contribution is 2.45. The third-order valence-electron chi connectivity index (χ3n) is 4.78. The first-order chi connectivity index (χ1) is 11.2. The van der Waals surface area contributed by atoms with Crippen molar-refractivity contribution in [3.8, 4) is 0 Å². The minimum atomic E-state index is -1.28. The Balaban J connectivity index is 1.86. The van der Waals surface area contributed by atoms with E-state index < -0.39 is 17.5 Å². The second kappa shape index (κ2) is 6.54. The normalized spacial score (nSPS) is 29.5. The quantitative estimate of drug-likeness (QED) is 0.523. The van der Waals surface area contributed by atoms with Gasteiger partial charge in [-0.2, -0.15) is 0 Å². The van der Waals surface area contributed by atoms with Crippen LogP contribution in [0.2, 0.25) is 0 Å². The number of piperidine rings is 1. The summed E-state index contributed by atoms with van der Waals surface area (Å²) in [4.78, 5) is 25.6. The molecule has 1 aliphatic heterocycles. The Kier molecular flexibility index (Phi) is 4.48. The summed E-state index contributed by atoms with van der Waals surface area (Å²) in [5, 5.41) is 2.81. The van der Waals surface area contributed by atoms with E-state index in [1.807, 2.05) is 36.4 Å². The van der Waals surface area contributed by atoms with Crippen LogP contribution in [0.15, 0.2) is 42.5 Å². The second-order valence-corrected chi connectivity index (χ2v) is 5.99. The van der Waals surface area contributed by atoms with E-state index in [1.165, 1.54) is 7.11 Å². The first-order valence-electron chi connectivity index (χ1n) is 7.88. The molecule has 122 valence electrons. The van der Waals surface area contributed by atoms with Gasteiger partial charge < -0.3 is 14.8 Å². The van der Waals surface area contributed by atoms with E-state index in [0.717, 1.165) is 12.0 Å². The van der Waals surface area contributed by atoms with Crippen molar-refractivity contribution in [3.05, 3.63) is 48.0 Å². The van der Waals surface area contributed by atoms with Crippen LogP contribution in [0.5, 0.6) is 0 Å². The number of benzene rings is 1. The van der Waals surface area contributed by atoms with Gasteiger partial charge in [-0.15, -0.1) is 0 Å². The van der Waals surface area contributed by atoms with Gasteiger partial charge in [0.05, 0.1) is 0 Å². The van der Waals surface area contributed by atoms with Gasteiger partial charge in [-0.1, -0.05) is 42.5 Å². The van der Waals surface area contributed by atoms with Gasteiger partial charge in [-0.3, -0.25) is 9.59 Å². The van der Waals surface area contributed by atoms with Gasteiger partial charge in [0.1, 0.15) is 12.7 Å². The Morgan fingerprint density at radius 1 is 1.35 bits per heavy atom. The predicted octanol–water partition coefficient (Wildman–Crippen LogP) is 1.83. The topological polar surface area (TPSA) is 64.6 Å². The number of nitrogens with one attached hydrogen (secondary N) is 1. The molecule has 1 aromatic rings. The zero-order valence-electron chi connectivity index (χ0n) is 13.2. The van der Waals surface area contributed by atoms with Crippen molar-refractivity contribution in [1.82, 2.24) is 5.32 Å². The third-order valence-corrected chi connectivity index (χ3v) is 4.78. The van der Waals surface area contributed by atoms with Crippen LogP contribution in [0, 0.1) is 11.3 Å². The fourth-order valence-corrected chi connectivity index (χ4v) is 3.59. The number of ether oxygens (including phenoxy) is 2. The molecule has 23 heavy (non-hydrogen) atoms. The van der Waals surface area contributed by atoms with Crippen molar-refractivity contribution in [2.24, 2.45) is 11.3 Å². The summed E-state index contributed by atoms with van der Waals surface area (Å²) >= 11 is 0. The Hall–Kier alpha value is -2.14. The van der Waals surface area contributed by atoms with E-state index >= 15 is 0 Å². The minimum Gasteiger partial charge on any atom is -0.460 e. The Labute approximate surface area is 135 Å². The number of allylic oxidation sites excluding steroid dienone is 1. The smallest absolute Gasteiger partial charge is 0.325 e. The van der Waals surface area contributed by atoms with Crippen molar-refractivity contribution in [2.75, 3.05) is 13.7 Å². The molecule has 0 radical (unpaired) electrons. The molecule has 1 fully saturated rings. The van der Waals surface area contributed by atoms with Crippen molar-refractivity contribution >= 4 is 11.9 Å². The molecule has 3 rings (SSSR count). The number of methoxy groups -OCH3 is 1. The molecule has 1 aromatic carbocycles. The Bertz CT molecular complexity index is 613. The molecule has 0 aromatic heterocycles. The second-order valence-electron chi connectivity index (χ2n) is 5.99. The summed E-state index contributed by atoms with van der Waals surface area (Å²) in [5.74, 6) is -0.878. The summed E-state index contributed by atoms with van der Waals surface area (Å²) < 4.78 is 11.0. The summed E-state index contributed by atoms with van der Waals surface area (Å²) in [7, 11) is 1.52. The molecule has 0 unspecified atom stereocenters. The van der Waals surface area contributed by atoms with Gasteiger partial charge in [0.2, 0.25) is 5.91 Å². The standard InChI is InChI=1S/C18H21NO4/c1-22-15-9-5-8-14-10-11-19-16(20)18(14,15)17(21)23-12-13-6-3-2-4-7-13/h2-7,9,14-15H,8,10-12H2,1H3,(H,19,20)/t14-,15-,18-/m0/s1. The molecule has 0 spiro atoms. The predicted molar refractivity (Wildman–Crippen MR) is 84.3 cm³/mol. The van der Waals surface area contributed by atoms with Gasteiger partial charge in [-0.25, -0.2) is 0 Å². The van der Waals surface area contributed by atoms with Crippen LogP contribution in [0.4, 0.5) is 0 Å². The molecule has 2 aliphatic rings. The first-order valence-corrected chi connectivity index (χ1v) is 7.88. The molecule has 0 bridgehead atoms. The summed E-state index contributed by atoms with van der Waals surface area (Å²) in [6.07, 6.45) is 4.62. The summed E-state index contributed by atoms with van der Waals surface area (Å²) in [6, 6.07) is 9.45. The molecule has 1 amide bonds. The van der Waals surface area contributed by atoms with Crippen molar-refractivity contribution < 1.29 is 19.1 Å². The maximum absolute atomic E-state index is 12.9. The summed E-state index contributed by atoms with van der Waals surface area (Å²) in [5.41, 5.74) is -0.387. The van der Waals surface area contributed by atoms with Crippen molar-refractivity contribution in [2.45, 2.75) is 25.6 Å². The highest BCUT2D eigenvalue weighted by Gasteiger charge is 2.60. The number of fused-ring (bicyclic) bond motifs is 1. The largest absolute Gasteiger partial charge is 0.460 e. The van der Waals surface area contributed by atoms with E-state index in [2.05, 4.69) is 5.32 Å². The average Bonchev–Trinajstić information content (AvgIpc) is 2.60. The molecule has 1 heterocycles. The Morgan fingerprint density at radius 3 is 2.87 bits per heavy atom. The molecule has 5 heteroatoms. The summed E-state index contributed by atoms with van der Waals surface area (Å²) in [6.45, 7) is 0.739. The monoisotopic (exact) mass is 315 g/mol. The Morgan fingerprint density at radius 2 is 2.13 bits per heavy atom. The van der Waals surface area contributed by atoms with E-state index in [4.69, 9.17) is 9.47 Å². The van der Waals surface area contributed by atoms with E-state index in [0.29, 0.717) is 13.0 Å². The van der Waals surface area contributed by atoms with Crippen LogP contribution in [0.25, 0.3) is 0 Å². The molecular formula is C18H21NO4. The van der Waals surface area contributed by atoms with Gasteiger partial charge in [-0.05, 0) is 24.3 Å². The van der Waals surface area contributed by atoms with E-state index in [-0.39, 0.29) is 18.4 Å². The lowest BCUT2D eigenvalue weighted by Crippen LogP contribution is -2.63. The molecule has 3 atom stereocenters. The van der Waals surface area contributed by atoms with Gasteiger partial charge in [0.25, 0.3) is 0 Å². The lowest BCUT2D eigenvalue weighted by Gasteiger charge is -2.45. The number of carbonyl (C=O) groups excluding carboxylic acids is 2. The number of esters is 1. The van der Waals surface area contributed by atoms with Gasteiger partial charge in [0.15, 0.2) is 5.41 Å². The maximum atomic E-state index is 12.9. The number of carbonyl (C=O) groups is 2. The number of rotatable bonds is 4. The van der Waals surface area contributed by atoms with Crippen molar-refractivity contribution in [3.63, 3.8) is 0 Å². The SMILES string of the molecule is CO[C@H]1C=CC[C@H]2CCNC(=O)[C@]21C(=O)OCc1ccccc1. The molecule has 0 saturated carbocycles. The fourth-order valence-electron chi connectivity index (χ4n) is 3.59. The molecule has 1 aliphatic carbocycles. The number of hydrogen-bond donors (Lipinski definition) is 1. The lowest BCUT2D eigenvalue weighted by molar-refractivity contribution is -0.179. The van der Waals surface area contributed by atoms with Crippen LogP contribution < -0.4 is 5.32 Å². The van der Waals surface area contributed by atoms with Gasteiger partial charge >= 0.3 is 5.97 Å². The molecule has 1 saturated heterocycles. The maximum Gasteiger partial charge on any atom is 0.325 e. The van der Waals surface area contributed by atoms with E-state index in [9.17, 15) is 9.59 Å². The van der Waals surface area contributed by atoms with E-state index in [1.54, 1.807) is 6.08 Å². The highest BCUT2D eigenvalue weighted by atomic mass is 16.5. The average molecular weight is 315 g/mol. The zero-order valence-corrected chi connectivity index (χ0v) is 13.2. The zero-order chi connectivity index (χ0) is 16.3. The van der Waals surface area contributed by atoms with Crippen LogP contribution >= 0.6 is 0 Å². The van der Waals surface area contributed by atoms with Crippen molar-refractivity contribution in [1.29, 1.82) is 0 Å². The van der Waals surface area contributed by atoms with Crippen LogP contribution in [0.1, 0.15) is 18.4 Å². The van der Waals surface area contributed by atoms with Crippen LogP contribution in [-0.4, -0.2) is 31.6 Å². The number of hydrogen-bond acceptors (Lipinski definition) is 4. The van der Waals surface area contributed by atoms with Crippen LogP contribution in [0.3, 0.4) is 0 Å². The van der Waals surface area contributed by atoms with Crippen LogP contribution in [-0.2, 0) is 25.7 Å². The fraction of sp³-hybridized carbons (Fsp3) is 0.444. The lowest BCUT2D eigenvalue weighted by atomic mass is 9.63. The third kappa shape index (κ3) is 2.65. The highest BCUT2D eigenvalue weighted by molar-refractivity contribution is 6.05. The first kappa shape index (κ1) is 15.7. The van der Waals surface area contributed by atoms with Gasteiger partial charge in [0, 0.05) is 13.7 Å². The molecule has 5 nitrogen and oxygen atoms in total. The molecular weight excluding hydrogens is 294 g/mol.